The Morgan fingerprint density at radius 1 is 0.643 bits per heavy atom. The van der Waals surface area contributed by atoms with E-state index in [1.165, 1.54) is 38.5 Å². The first-order valence-electron chi connectivity index (χ1n) is 15.3. The van der Waals surface area contributed by atoms with Crippen molar-refractivity contribution in [3.05, 3.63) is 96.6 Å². The van der Waals surface area contributed by atoms with Gasteiger partial charge in [-0.15, -0.1) is 29.8 Å². The van der Waals surface area contributed by atoms with Crippen LogP contribution in [0.2, 0.25) is 0 Å². The molecule has 0 unspecified atom stereocenters. The Morgan fingerprint density at radius 3 is 1.86 bits per heavy atom. The number of aryl methyl sites for hydroxylation is 1. The molecule has 4 heteroatoms. The summed E-state index contributed by atoms with van der Waals surface area (Å²) in [5.74, 6) is 0. The zero-order valence-electron chi connectivity index (χ0n) is 28.3. The maximum absolute atomic E-state index is 3.53. The van der Waals surface area contributed by atoms with Crippen molar-refractivity contribution in [2.75, 3.05) is 27.8 Å². The molecule has 0 aliphatic rings. The molecule has 0 aliphatic carbocycles. The van der Waals surface area contributed by atoms with Gasteiger partial charge in [0.15, 0.2) is 0 Å². The van der Waals surface area contributed by atoms with Crippen molar-refractivity contribution in [1.82, 2.24) is 14.4 Å². The maximum Gasteiger partial charge on any atom is 0.0493 e. The third-order valence-electron chi connectivity index (χ3n) is 6.24. The van der Waals surface area contributed by atoms with Gasteiger partial charge in [-0.25, -0.2) is 11.1 Å². The largest absolute Gasteiger partial charge is 0.344 e. The fourth-order valence-electron chi connectivity index (χ4n) is 4.87. The van der Waals surface area contributed by atoms with Crippen LogP contribution >= 0.6 is 0 Å². The van der Waals surface area contributed by atoms with E-state index >= 15 is 0 Å². The average molecular weight is 641 g/mol. The molecule has 5 rings (SSSR count). The standard InChI is InChI=1S/C30H29N3.4C2H6.Y/c1-31(2)21-32(3)20-23-11-5-6-13-25(23)26-14-8-7-12-24(26)22-17-18-28-27-15-9-10-16-29(27)33(4)30(28)19-22;4*1-2;/h5-12,15-19H,20-21H2,1-4H3;4*1-2H3;/q-2;;;;;. The van der Waals surface area contributed by atoms with Gasteiger partial charge >= 0.3 is 0 Å². The molecule has 0 saturated carbocycles. The topological polar surface area (TPSA) is 11.4 Å². The van der Waals surface area contributed by atoms with Crippen LogP contribution in [-0.2, 0) is 46.3 Å². The first-order valence-corrected chi connectivity index (χ1v) is 15.3. The van der Waals surface area contributed by atoms with E-state index in [0.717, 1.165) is 24.3 Å². The summed E-state index contributed by atoms with van der Waals surface area (Å²) in [6.45, 7) is 17.8. The third-order valence-corrected chi connectivity index (χ3v) is 6.24. The minimum atomic E-state index is 0. The average Bonchev–Trinajstić information content (AvgIpc) is 3.32. The smallest absolute Gasteiger partial charge is 0.0493 e. The summed E-state index contributed by atoms with van der Waals surface area (Å²) in [4.78, 5) is 4.50. The van der Waals surface area contributed by atoms with Crippen LogP contribution in [0.5, 0.6) is 0 Å². The number of hydrogen-bond acceptors (Lipinski definition) is 2. The van der Waals surface area contributed by atoms with Crippen LogP contribution in [-0.4, -0.2) is 42.2 Å². The molecule has 1 heterocycles. The van der Waals surface area contributed by atoms with E-state index in [4.69, 9.17) is 0 Å². The van der Waals surface area contributed by atoms with E-state index in [2.05, 4.69) is 121 Å². The van der Waals surface area contributed by atoms with E-state index < -0.39 is 0 Å². The van der Waals surface area contributed by atoms with Gasteiger partial charge < -0.3 is 4.57 Å². The molecule has 225 valence electrons. The van der Waals surface area contributed by atoms with E-state index in [1.807, 2.05) is 67.5 Å². The number of hydrogen-bond donors (Lipinski definition) is 0. The molecular formula is C38H53N3Y-2. The van der Waals surface area contributed by atoms with Crippen LogP contribution in [0.15, 0.2) is 78.9 Å². The van der Waals surface area contributed by atoms with E-state index in [0.29, 0.717) is 0 Å². The third kappa shape index (κ3) is 9.88. The van der Waals surface area contributed by atoms with Gasteiger partial charge in [0.1, 0.15) is 0 Å². The molecule has 3 nitrogen and oxygen atoms in total. The molecule has 0 fully saturated rings. The van der Waals surface area contributed by atoms with Crippen molar-refractivity contribution in [2.24, 2.45) is 7.05 Å². The van der Waals surface area contributed by atoms with Crippen LogP contribution in [0, 0.1) is 12.1 Å². The van der Waals surface area contributed by atoms with Crippen molar-refractivity contribution in [1.29, 1.82) is 0 Å². The summed E-state index contributed by atoms with van der Waals surface area (Å²) in [5, 5.41) is 2.58. The summed E-state index contributed by atoms with van der Waals surface area (Å²) in [5.41, 5.74) is 8.36. The van der Waals surface area contributed by atoms with Gasteiger partial charge in [-0.3, -0.25) is 9.80 Å². The molecule has 0 saturated heterocycles. The Kier molecular flexibility index (Phi) is 20.2. The number of aromatic nitrogens is 1. The zero-order valence-corrected chi connectivity index (χ0v) is 31.2. The summed E-state index contributed by atoms with van der Waals surface area (Å²) in [6.07, 6.45) is 0. The molecule has 4 aromatic carbocycles. The molecule has 1 aromatic heterocycles. The number of benzene rings is 4. The van der Waals surface area contributed by atoms with Crippen molar-refractivity contribution >= 4 is 21.8 Å². The molecule has 1 radical (unpaired) electrons. The number of fused-ring (bicyclic) bond motifs is 3. The Hall–Kier alpha value is -2.30. The molecule has 42 heavy (non-hydrogen) atoms. The minimum absolute atomic E-state index is 0. The molecule has 0 bridgehead atoms. The number of para-hydroxylation sites is 1. The summed E-state index contributed by atoms with van der Waals surface area (Å²) >= 11 is 0. The van der Waals surface area contributed by atoms with Crippen molar-refractivity contribution < 1.29 is 32.7 Å². The van der Waals surface area contributed by atoms with Gasteiger partial charge in [-0.05, 0) is 39.8 Å². The summed E-state index contributed by atoms with van der Waals surface area (Å²) in [7, 11) is 8.50. The Labute approximate surface area is 282 Å². The molecule has 0 amide bonds. The van der Waals surface area contributed by atoms with Crippen LogP contribution in [0.25, 0.3) is 44.1 Å². The minimum Gasteiger partial charge on any atom is -0.344 e. The number of rotatable bonds is 6. The van der Waals surface area contributed by atoms with Gasteiger partial charge in [-0.1, -0.05) is 91.3 Å². The summed E-state index contributed by atoms with van der Waals surface area (Å²) < 4.78 is 2.29. The molecule has 0 spiro atoms. The van der Waals surface area contributed by atoms with E-state index in [9.17, 15) is 0 Å². The molecule has 0 N–H and O–H groups in total. The Balaban J connectivity index is 0.00000173. The van der Waals surface area contributed by atoms with Gasteiger partial charge in [0.05, 0.1) is 0 Å². The van der Waals surface area contributed by atoms with Crippen LogP contribution < -0.4 is 0 Å². The SMILES string of the molecule is CC.CC.CC.CC.CN(C)CN(C)Cc1ccc[c-]c1-c1[c-]cccc1-c1ccc2c3ccccc3n(C)c2c1.[Y]. The maximum atomic E-state index is 3.53. The van der Waals surface area contributed by atoms with Crippen molar-refractivity contribution in [3.8, 4) is 22.3 Å². The normalized spacial score (nSPS) is 9.86. The van der Waals surface area contributed by atoms with E-state index in [1.54, 1.807) is 0 Å². The van der Waals surface area contributed by atoms with E-state index in [-0.39, 0.29) is 32.7 Å². The van der Waals surface area contributed by atoms with Crippen LogP contribution in [0.1, 0.15) is 61.0 Å². The van der Waals surface area contributed by atoms with Crippen molar-refractivity contribution in [2.45, 2.75) is 61.9 Å². The number of nitrogens with zero attached hydrogens (tertiary/aromatic N) is 3. The van der Waals surface area contributed by atoms with Gasteiger partial charge in [0, 0.05) is 68.2 Å². The first kappa shape index (κ1) is 39.7. The predicted octanol–water partition coefficient (Wildman–Crippen LogP) is 10.3. The van der Waals surface area contributed by atoms with Crippen LogP contribution in [0.3, 0.4) is 0 Å². The second kappa shape index (κ2) is 21.4. The van der Waals surface area contributed by atoms with Gasteiger partial charge in [0.25, 0.3) is 0 Å². The quantitative estimate of drug-likeness (QED) is 0.135. The monoisotopic (exact) mass is 640 g/mol. The fourth-order valence-corrected chi connectivity index (χ4v) is 4.87. The fraction of sp³-hybridized carbons (Fsp3) is 0.368. The molecule has 5 aromatic rings. The zero-order chi connectivity index (χ0) is 30.9. The first-order chi connectivity index (χ1) is 20.0. The van der Waals surface area contributed by atoms with Gasteiger partial charge in [0.2, 0.25) is 0 Å². The second-order valence-corrected chi connectivity index (χ2v) is 9.07. The Morgan fingerprint density at radius 2 is 1.21 bits per heavy atom. The second-order valence-electron chi connectivity index (χ2n) is 9.07. The molecular weight excluding hydrogens is 587 g/mol. The van der Waals surface area contributed by atoms with Gasteiger partial charge in [-0.2, -0.15) is 29.8 Å². The molecule has 0 aliphatic heterocycles. The summed E-state index contributed by atoms with van der Waals surface area (Å²) in [6, 6.07) is 35.0. The predicted molar refractivity (Wildman–Crippen MR) is 184 cm³/mol. The van der Waals surface area contributed by atoms with Crippen molar-refractivity contribution in [3.63, 3.8) is 0 Å². The Bertz CT molecular complexity index is 1440. The molecule has 0 atom stereocenters. The van der Waals surface area contributed by atoms with Crippen LogP contribution in [0.4, 0.5) is 0 Å².